The number of esters is 1. The number of alkyl halides is 3. The molecular weight excluding hydrogens is 518 g/mol. The number of rotatable bonds is 11. The maximum atomic E-state index is 13.6. The van der Waals surface area contributed by atoms with Crippen molar-refractivity contribution in [2.45, 2.75) is 26.1 Å². The van der Waals surface area contributed by atoms with E-state index < -0.39 is 17.7 Å². The van der Waals surface area contributed by atoms with Crippen molar-refractivity contribution in [3.63, 3.8) is 0 Å². The van der Waals surface area contributed by atoms with Gasteiger partial charge in [-0.1, -0.05) is 35.3 Å². The van der Waals surface area contributed by atoms with Crippen LogP contribution in [-0.2, 0) is 28.7 Å². The van der Waals surface area contributed by atoms with Crippen LogP contribution < -0.4 is 15.4 Å². The number of carbonyl (C=O) groups excluding carboxylic acids is 1. The number of hydrogen-bond donors (Lipinski definition) is 2. The summed E-state index contributed by atoms with van der Waals surface area (Å²) in [6.07, 6.45) is -2.98. The molecular formula is C25H24Cl2F3N3O3. The molecule has 0 aliphatic rings. The van der Waals surface area contributed by atoms with Crippen LogP contribution in [0.15, 0.2) is 54.7 Å². The Kier molecular flexibility index (Phi) is 9.81. The van der Waals surface area contributed by atoms with E-state index in [4.69, 9.17) is 32.7 Å². The molecule has 0 unspecified atom stereocenters. The highest BCUT2D eigenvalue weighted by Gasteiger charge is 2.33. The van der Waals surface area contributed by atoms with E-state index in [9.17, 15) is 18.0 Å². The van der Waals surface area contributed by atoms with Crippen LogP contribution in [0.5, 0.6) is 11.6 Å². The maximum absolute atomic E-state index is 13.6. The van der Waals surface area contributed by atoms with Gasteiger partial charge in [-0.05, 0) is 61.3 Å². The fraction of sp³-hybridized carbons (Fsp3) is 0.280. The van der Waals surface area contributed by atoms with E-state index in [1.54, 1.807) is 31.2 Å². The van der Waals surface area contributed by atoms with E-state index in [0.29, 0.717) is 22.3 Å². The fourth-order valence-electron chi connectivity index (χ4n) is 3.25. The van der Waals surface area contributed by atoms with Crippen LogP contribution in [0.1, 0.15) is 23.6 Å². The first-order valence-electron chi connectivity index (χ1n) is 11.0. The number of pyridine rings is 1. The lowest BCUT2D eigenvalue weighted by Gasteiger charge is -2.15. The molecule has 6 nitrogen and oxygen atoms in total. The fourth-order valence-corrected chi connectivity index (χ4v) is 3.57. The molecule has 192 valence electrons. The number of nitrogens with zero attached hydrogens (tertiary/aromatic N) is 1. The second kappa shape index (κ2) is 12.8. The van der Waals surface area contributed by atoms with E-state index in [-0.39, 0.29) is 43.3 Å². The molecule has 0 spiro atoms. The van der Waals surface area contributed by atoms with Crippen molar-refractivity contribution < 1.29 is 27.4 Å². The molecule has 0 fully saturated rings. The molecule has 0 bridgehead atoms. The van der Waals surface area contributed by atoms with Gasteiger partial charge < -0.3 is 20.1 Å². The van der Waals surface area contributed by atoms with Crippen LogP contribution in [0.3, 0.4) is 0 Å². The Morgan fingerprint density at radius 2 is 1.86 bits per heavy atom. The Bertz CT molecular complexity index is 1180. The van der Waals surface area contributed by atoms with Gasteiger partial charge in [0.15, 0.2) is 0 Å². The topological polar surface area (TPSA) is 72.5 Å². The molecule has 36 heavy (non-hydrogen) atoms. The van der Waals surface area contributed by atoms with Crippen LogP contribution in [0.2, 0.25) is 10.0 Å². The normalized spacial score (nSPS) is 11.3. The summed E-state index contributed by atoms with van der Waals surface area (Å²) >= 11 is 11.9. The summed E-state index contributed by atoms with van der Waals surface area (Å²) in [5, 5.41) is 6.87. The first-order chi connectivity index (χ1) is 17.2. The quantitative estimate of drug-likeness (QED) is 0.213. The number of anilines is 1. The third-order valence-corrected chi connectivity index (χ3v) is 5.71. The van der Waals surface area contributed by atoms with Crippen molar-refractivity contribution in [1.29, 1.82) is 0 Å². The van der Waals surface area contributed by atoms with Gasteiger partial charge in [-0.25, -0.2) is 4.98 Å². The molecule has 1 aromatic heterocycles. The van der Waals surface area contributed by atoms with Crippen molar-refractivity contribution >= 4 is 34.9 Å². The summed E-state index contributed by atoms with van der Waals surface area (Å²) in [6, 6.07) is 12.3. The second-order valence-electron chi connectivity index (χ2n) is 7.64. The first kappa shape index (κ1) is 27.6. The van der Waals surface area contributed by atoms with E-state index in [2.05, 4.69) is 15.6 Å². The highest BCUT2D eigenvalue weighted by Crippen LogP contribution is 2.35. The van der Waals surface area contributed by atoms with E-state index in [1.807, 2.05) is 6.07 Å². The van der Waals surface area contributed by atoms with Crippen molar-refractivity contribution in [3.8, 4) is 11.6 Å². The SMILES string of the molecule is CCOC(=O)CNCCc1ccc(Oc2ccc(NCc3ccc(Cl)c(Cl)c3)cn2)cc1C(F)(F)F. The Balaban J connectivity index is 1.60. The zero-order valence-corrected chi connectivity index (χ0v) is 20.8. The third-order valence-electron chi connectivity index (χ3n) is 4.97. The van der Waals surface area contributed by atoms with Gasteiger partial charge in [-0.15, -0.1) is 0 Å². The number of ether oxygens (including phenoxy) is 2. The number of halogens is 5. The Hall–Kier alpha value is -3.01. The zero-order valence-electron chi connectivity index (χ0n) is 19.3. The largest absolute Gasteiger partial charge is 0.465 e. The van der Waals surface area contributed by atoms with E-state index in [1.165, 1.54) is 18.3 Å². The molecule has 0 saturated carbocycles. The smallest absolute Gasteiger partial charge is 0.416 e. The molecule has 0 aliphatic heterocycles. The van der Waals surface area contributed by atoms with Crippen LogP contribution in [-0.4, -0.2) is 30.6 Å². The van der Waals surface area contributed by atoms with Gasteiger partial charge in [0, 0.05) is 12.6 Å². The molecule has 0 atom stereocenters. The molecule has 0 amide bonds. The highest BCUT2D eigenvalue weighted by molar-refractivity contribution is 6.42. The molecule has 3 aromatic rings. The molecule has 11 heteroatoms. The van der Waals surface area contributed by atoms with Gasteiger partial charge >= 0.3 is 12.1 Å². The molecule has 3 rings (SSSR count). The van der Waals surface area contributed by atoms with Gasteiger partial charge in [-0.3, -0.25) is 4.79 Å². The lowest BCUT2D eigenvalue weighted by atomic mass is 10.0. The average Bonchev–Trinajstić information content (AvgIpc) is 2.83. The van der Waals surface area contributed by atoms with E-state index in [0.717, 1.165) is 11.6 Å². The predicted molar refractivity (Wildman–Crippen MR) is 133 cm³/mol. The van der Waals surface area contributed by atoms with Crippen LogP contribution in [0.4, 0.5) is 18.9 Å². The summed E-state index contributed by atoms with van der Waals surface area (Å²) in [4.78, 5) is 15.5. The predicted octanol–water partition coefficient (Wildman–Crippen LogP) is 6.51. The van der Waals surface area contributed by atoms with Gasteiger partial charge in [0.05, 0.1) is 40.6 Å². The molecule has 0 aliphatic carbocycles. The maximum Gasteiger partial charge on any atom is 0.416 e. The Morgan fingerprint density at radius 3 is 2.53 bits per heavy atom. The van der Waals surface area contributed by atoms with Crippen molar-refractivity contribution in [2.75, 3.05) is 25.0 Å². The van der Waals surface area contributed by atoms with Crippen molar-refractivity contribution in [2.24, 2.45) is 0 Å². The van der Waals surface area contributed by atoms with Gasteiger partial charge in [-0.2, -0.15) is 13.2 Å². The number of carbonyl (C=O) groups is 1. The summed E-state index contributed by atoms with van der Waals surface area (Å²) in [6.45, 7) is 2.51. The van der Waals surface area contributed by atoms with Crippen molar-refractivity contribution in [1.82, 2.24) is 10.3 Å². The molecule has 1 heterocycles. The van der Waals surface area contributed by atoms with Crippen LogP contribution in [0.25, 0.3) is 0 Å². The minimum absolute atomic E-state index is 0.00886. The number of hydrogen-bond acceptors (Lipinski definition) is 6. The number of benzene rings is 2. The van der Waals surface area contributed by atoms with Gasteiger partial charge in [0.1, 0.15) is 5.75 Å². The number of nitrogens with one attached hydrogen (secondary N) is 2. The third kappa shape index (κ3) is 8.29. The summed E-state index contributed by atoms with van der Waals surface area (Å²) in [7, 11) is 0. The zero-order chi connectivity index (χ0) is 26.1. The molecule has 0 radical (unpaired) electrons. The van der Waals surface area contributed by atoms with Gasteiger partial charge in [0.2, 0.25) is 5.88 Å². The summed E-state index contributed by atoms with van der Waals surface area (Å²) in [5.41, 5.74) is 0.884. The van der Waals surface area contributed by atoms with Gasteiger partial charge in [0.25, 0.3) is 0 Å². The summed E-state index contributed by atoms with van der Waals surface area (Å²) in [5.74, 6) is -0.304. The Morgan fingerprint density at radius 1 is 1.06 bits per heavy atom. The Labute approximate surface area is 216 Å². The summed E-state index contributed by atoms with van der Waals surface area (Å²) < 4.78 is 51.2. The monoisotopic (exact) mass is 541 g/mol. The highest BCUT2D eigenvalue weighted by atomic mass is 35.5. The van der Waals surface area contributed by atoms with E-state index >= 15 is 0 Å². The molecule has 0 saturated heterocycles. The molecule has 2 N–H and O–H groups in total. The minimum Gasteiger partial charge on any atom is -0.465 e. The lowest BCUT2D eigenvalue weighted by Crippen LogP contribution is -2.27. The minimum atomic E-state index is -4.57. The van der Waals surface area contributed by atoms with Crippen LogP contribution >= 0.6 is 23.2 Å². The number of aromatic nitrogens is 1. The standard InChI is InChI=1S/C25H24Cl2F3N3O3/c1-2-35-24(34)15-31-10-9-17-4-6-19(12-20(17)25(28,29)30)36-23-8-5-18(14-33-23)32-13-16-3-7-21(26)22(27)11-16/h3-8,11-12,14,31-32H,2,9-10,13,15H2,1H3. The molecule has 2 aromatic carbocycles. The van der Waals surface area contributed by atoms with Crippen LogP contribution in [0, 0.1) is 0 Å². The average molecular weight is 542 g/mol. The lowest BCUT2D eigenvalue weighted by molar-refractivity contribution is -0.142. The second-order valence-corrected chi connectivity index (χ2v) is 8.45. The van der Waals surface area contributed by atoms with Crippen molar-refractivity contribution in [3.05, 3.63) is 81.5 Å². The first-order valence-corrected chi connectivity index (χ1v) is 11.8.